The molecule has 0 aliphatic rings. The predicted octanol–water partition coefficient (Wildman–Crippen LogP) is 1.30. The van der Waals surface area contributed by atoms with E-state index in [9.17, 15) is 0 Å². The van der Waals surface area contributed by atoms with Gasteiger partial charge in [-0.3, -0.25) is 0 Å². The number of aromatic nitrogens is 2. The van der Waals surface area contributed by atoms with Gasteiger partial charge in [0.05, 0.1) is 6.61 Å². The van der Waals surface area contributed by atoms with Crippen LogP contribution in [0.5, 0.6) is 0 Å². The van der Waals surface area contributed by atoms with Gasteiger partial charge in [0.1, 0.15) is 0 Å². The molecule has 0 saturated carbocycles. The molecule has 116 valence electrons. The normalized spacial score (nSPS) is 11.2. The smallest absolute Gasteiger partial charge is 0.202 e. The number of hydrogen-bond donors (Lipinski definition) is 1. The maximum atomic E-state index is 5.31. The van der Waals surface area contributed by atoms with Crippen LogP contribution in [-0.4, -0.2) is 68.1 Å². The van der Waals surface area contributed by atoms with Gasteiger partial charge in [0.15, 0.2) is 0 Å². The van der Waals surface area contributed by atoms with Crippen molar-refractivity contribution >= 4 is 5.95 Å². The average Bonchev–Trinajstić information content (AvgIpc) is 2.90. The molecule has 20 heavy (non-hydrogen) atoms. The van der Waals surface area contributed by atoms with E-state index in [1.807, 2.05) is 19.3 Å². The first-order chi connectivity index (χ1) is 9.77. The lowest BCUT2D eigenvalue weighted by atomic mass is 10.4. The Morgan fingerprint density at radius 3 is 2.95 bits per heavy atom. The number of imidazole rings is 1. The highest BCUT2D eigenvalue weighted by atomic mass is 16.5. The molecule has 0 aromatic carbocycles. The Labute approximate surface area is 122 Å². The third-order valence-electron chi connectivity index (χ3n) is 3.07. The van der Waals surface area contributed by atoms with Crippen LogP contribution in [0.15, 0.2) is 12.4 Å². The average molecular weight is 284 g/mol. The molecular formula is C14H28N4O2. The molecular weight excluding hydrogens is 256 g/mol. The summed E-state index contributed by atoms with van der Waals surface area (Å²) in [4.78, 5) is 6.59. The van der Waals surface area contributed by atoms with E-state index >= 15 is 0 Å². The predicted molar refractivity (Wildman–Crippen MR) is 81.2 cm³/mol. The van der Waals surface area contributed by atoms with E-state index in [-0.39, 0.29) is 0 Å². The van der Waals surface area contributed by atoms with Gasteiger partial charge in [0, 0.05) is 58.9 Å². The largest absolute Gasteiger partial charge is 0.383 e. The Hall–Kier alpha value is -1.11. The molecule has 1 rings (SSSR count). The fourth-order valence-electron chi connectivity index (χ4n) is 1.81. The van der Waals surface area contributed by atoms with Crippen molar-refractivity contribution in [3.63, 3.8) is 0 Å². The van der Waals surface area contributed by atoms with E-state index in [0.29, 0.717) is 0 Å². The number of hydrogen-bond acceptors (Lipinski definition) is 5. The summed E-state index contributed by atoms with van der Waals surface area (Å²) in [6.07, 6.45) is 4.84. The number of methoxy groups -OCH3 is 1. The fraction of sp³-hybridized carbons (Fsp3) is 0.786. The number of ether oxygens (including phenoxy) is 2. The molecule has 6 nitrogen and oxygen atoms in total. The number of likely N-dealkylation sites (N-methyl/N-ethyl adjacent to an activating group) is 1. The van der Waals surface area contributed by atoms with Gasteiger partial charge in [-0.15, -0.1) is 0 Å². The van der Waals surface area contributed by atoms with Crippen molar-refractivity contribution in [2.24, 2.45) is 0 Å². The molecule has 0 fully saturated rings. The van der Waals surface area contributed by atoms with Gasteiger partial charge in [0.2, 0.25) is 5.95 Å². The minimum absolute atomic E-state index is 0.767. The van der Waals surface area contributed by atoms with Crippen LogP contribution in [0.25, 0.3) is 0 Å². The van der Waals surface area contributed by atoms with Crippen LogP contribution in [-0.2, 0) is 16.0 Å². The maximum Gasteiger partial charge on any atom is 0.202 e. The summed E-state index contributed by atoms with van der Waals surface area (Å²) < 4.78 is 12.5. The molecule has 1 aromatic rings. The maximum absolute atomic E-state index is 5.31. The summed E-state index contributed by atoms with van der Waals surface area (Å²) in [5.74, 6) is 0.932. The van der Waals surface area contributed by atoms with Gasteiger partial charge < -0.3 is 24.3 Å². The highest BCUT2D eigenvalue weighted by molar-refractivity contribution is 5.25. The zero-order chi connectivity index (χ0) is 14.6. The molecule has 6 heteroatoms. The van der Waals surface area contributed by atoms with Crippen LogP contribution < -0.4 is 5.32 Å². The van der Waals surface area contributed by atoms with Gasteiger partial charge in [-0.05, 0) is 20.4 Å². The summed E-state index contributed by atoms with van der Waals surface area (Å²) in [6, 6.07) is 0. The lowest BCUT2D eigenvalue weighted by Crippen LogP contribution is -2.27. The van der Waals surface area contributed by atoms with E-state index in [1.165, 1.54) is 0 Å². The molecule has 0 amide bonds. The number of nitrogens with one attached hydrogen (secondary N) is 1. The molecule has 0 unspecified atom stereocenters. The fourth-order valence-corrected chi connectivity index (χ4v) is 1.81. The monoisotopic (exact) mass is 284 g/mol. The van der Waals surface area contributed by atoms with E-state index in [2.05, 4.69) is 26.8 Å². The van der Waals surface area contributed by atoms with Gasteiger partial charge in [-0.2, -0.15) is 0 Å². The minimum atomic E-state index is 0.767. The zero-order valence-electron chi connectivity index (χ0n) is 13.0. The summed E-state index contributed by atoms with van der Waals surface area (Å²) in [5, 5.41) is 3.35. The quantitative estimate of drug-likeness (QED) is 0.586. The van der Waals surface area contributed by atoms with Crippen LogP contribution in [0.1, 0.15) is 13.3 Å². The van der Waals surface area contributed by atoms with Crippen LogP contribution >= 0.6 is 0 Å². The van der Waals surface area contributed by atoms with Crippen molar-refractivity contribution in [2.45, 2.75) is 19.9 Å². The molecule has 1 N–H and O–H groups in total. The van der Waals surface area contributed by atoms with Gasteiger partial charge >= 0.3 is 0 Å². The number of rotatable bonds is 12. The van der Waals surface area contributed by atoms with Crippen molar-refractivity contribution in [3.8, 4) is 0 Å². The molecule has 1 heterocycles. The highest BCUT2D eigenvalue weighted by Gasteiger charge is 2.03. The van der Waals surface area contributed by atoms with Crippen molar-refractivity contribution < 1.29 is 9.47 Å². The third-order valence-corrected chi connectivity index (χ3v) is 3.07. The third kappa shape index (κ3) is 6.88. The topological polar surface area (TPSA) is 51.5 Å². The molecule has 0 spiro atoms. The van der Waals surface area contributed by atoms with E-state index < -0.39 is 0 Å². The van der Waals surface area contributed by atoms with E-state index in [0.717, 1.165) is 58.4 Å². The van der Waals surface area contributed by atoms with Crippen LogP contribution in [0.2, 0.25) is 0 Å². The molecule has 0 aliphatic heterocycles. The summed E-state index contributed by atoms with van der Waals surface area (Å²) in [5.41, 5.74) is 0. The van der Waals surface area contributed by atoms with Crippen molar-refractivity contribution in [2.75, 3.05) is 58.9 Å². The first kappa shape index (κ1) is 16.9. The molecule has 0 atom stereocenters. The Morgan fingerprint density at radius 2 is 2.20 bits per heavy atom. The lowest BCUT2D eigenvalue weighted by Gasteiger charge is -2.17. The summed E-state index contributed by atoms with van der Waals surface area (Å²) in [7, 11) is 3.83. The second kappa shape index (κ2) is 10.7. The summed E-state index contributed by atoms with van der Waals surface area (Å²) in [6.45, 7) is 8.09. The molecule has 0 saturated heterocycles. The first-order valence-electron chi connectivity index (χ1n) is 7.28. The second-order valence-corrected chi connectivity index (χ2v) is 4.72. The number of nitrogens with zero attached hydrogens (tertiary/aromatic N) is 3. The molecule has 0 radical (unpaired) electrons. The zero-order valence-corrected chi connectivity index (χ0v) is 13.0. The Kier molecular flexibility index (Phi) is 9.02. The second-order valence-electron chi connectivity index (χ2n) is 4.72. The highest BCUT2D eigenvalue weighted by Crippen LogP contribution is 2.04. The van der Waals surface area contributed by atoms with Gasteiger partial charge in [-0.1, -0.05) is 0 Å². The summed E-state index contributed by atoms with van der Waals surface area (Å²) >= 11 is 0. The number of anilines is 1. The van der Waals surface area contributed by atoms with E-state index in [4.69, 9.17) is 9.47 Å². The van der Waals surface area contributed by atoms with Crippen molar-refractivity contribution in [1.29, 1.82) is 0 Å². The SMILES string of the molecule is CCOCCCNc1nccn1CCN(C)CCOC. The van der Waals surface area contributed by atoms with Crippen molar-refractivity contribution in [3.05, 3.63) is 12.4 Å². The van der Waals surface area contributed by atoms with Crippen LogP contribution in [0.3, 0.4) is 0 Å². The Morgan fingerprint density at radius 1 is 1.35 bits per heavy atom. The van der Waals surface area contributed by atoms with Crippen LogP contribution in [0, 0.1) is 0 Å². The van der Waals surface area contributed by atoms with E-state index in [1.54, 1.807) is 7.11 Å². The minimum Gasteiger partial charge on any atom is -0.383 e. The standard InChI is InChI=1S/C14H28N4O2/c1-4-20-12-5-6-15-14-16-7-8-18(14)10-9-17(2)11-13-19-3/h7-8H,4-6,9-13H2,1-3H3,(H,15,16). The van der Waals surface area contributed by atoms with Gasteiger partial charge in [0.25, 0.3) is 0 Å². The Balaban J connectivity index is 2.24. The first-order valence-corrected chi connectivity index (χ1v) is 7.28. The molecule has 0 aliphatic carbocycles. The Bertz CT molecular complexity index is 344. The van der Waals surface area contributed by atoms with Crippen molar-refractivity contribution in [1.82, 2.24) is 14.5 Å². The van der Waals surface area contributed by atoms with Gasteiger partial charge in [-0.25, -0.2) is 4.98 Å². The molecule has 1 aromatic heterocycles. The lowest BCUT2D eigenvalue weighted by molar-refractivity contribution is 0.147. The molecule has 0 bridgehead atoms. The van der Waals surface area contributed by atoms with Crippen LogP contribution in [0.4, 0.5) is 5.95 Å².